The van der Waals surface area contributed by atoms with E-state index in [1.807, 2.05) is 44.2 Å². The Morgan fingerprint density at radius 2 is 1.62 bits per heavy atom. The summed E-state index contributed by atoms with van der Waals surface area (Å²) in [4.78, 5) is 51.1. The fraction of sp³-hybridized carbons (Fsp3) is 0.543. The zero-order valence-electron chi connectivity index (χ0n) is 26.7. The van der Waals surface area contributed by atoms with Crippen molar-refractivity contribution >= 4 is 30.0 Å². The van der Waals surface area contributed by atoms with E-state index in [4.69, 9.17) is 23.7 Å². The fourth-order valence-electron chi connectivity index (χ4n) is 8.25. The van der Waals surface area contributed by atoms with Crippen molar-refractivity contribution in [2.75, 3.05) is 6.61 Å². The highest BCUT2D eigenvalue weighted by Crippen LogP contribution is 2.64. The molecule has 3 aliphatic carbocycles. The Balaban J connectivity index is 1.64. The number of hydrogen-bond acceptors (Lipinski definition) is 10. The first-order valence-corrected chi connectivity index (χ1v) is 15.3. The molecule has 2 saturated carbocycles. The summed E-state index contributed by atoms with van der Waals surface area (Å²) in [5, 5.41) is 11.8. The van der Waals surface area contributed by atoms with Crippen molar-refractivity contribution in [2.45, 2.75) is 91.0 Å². The summed E-state index contributed by atoms with van der Waals surface area (Å²) in [7, 11) is 0. The van der Waals surface area contributed by atoms with Crippen LogP contribution in [0.15, 0.2) is 59.7 Å². The second kappa shape index (κ2) is 11.9. The number of fused-ring (bicyclic) bond motifs is 2. The van der Waals surface area contributed by atoms with E-state index in [0.717, 1.165) is 5.56 Å². The average Bonchev–Trinajstić information content (AvgIpc) is 2.96. The van der Waals surface area contributed by atoms with Gasteiger partial charge in [0.25, 0.3) is 0 Å². The third-order valence-electron chi connectivity index (χ3n) is 10.3. The maximum atomic E-state index is 13.0. The molecule has 5 aliphatic rings. The number of esters is 4. The van der Waals surface area contributed by atoms with Crippen LogP contribution in [0.5, 0.6) is 0 Å². The number of aliphatic hydroxyl groups is 1. The molecule has 10 heteroatoms. The van der Waals surface area contributed by atoms with E-state index in [1.54, 1.807) is 13.0 Å². The van der Waals surface area contributed by atoms with Crippen LogP contribution in [0.1, 0.15) is 66.4 Å². The first-order valence-electron chi connectivity index (χ1n) is 15.3. The fourth-order valence-corrected chi connectivity index (χ4v) is 8.25. The number of carbonyl (C=O) groups excluding carboxylic acids is 4. The molecule has 0 amide bonds. The number of ether oxygens (including phenoxy) is 5. The van der Waals surface area contributed by atoms with Gasteiger partial charge in [-0.2, -0.15) is 0 Å². The molecule has 242 valence electrons. The van der Waals surface area contributed by atoms with E-state index in [-0.39, 0.29) is 13.0 Å². The molecule has 3 unspecified atom stereocenters. The third-order valence-corrected chi connectivity index (χ3v) is 10.3. The predicted molar refractivity (Wildman–Crippen MR) is 162 cm³/mol. The Kier molecular flexibility index (Phi) is 8.61. The summed E-state index contributed by atoms with van der Waals surface area (Å²) in [6.45, 7) is 13.9. The van der Waals surface area contributed by atoms with E-state index < -0.39 is 76.7 Å². The minimum atomic E-state index is -1.73. The minimum absolute atomic E-state index is 0.0434. The number of rotatable bonds is 6. The first-order chi connectivity index (χ1) is 21.1. The molecule has 0 aromatic heterocycles. The molecule has 1 saturated heterocycles. The highest BCUT2D eigenvalue weighted by atomic mass is 16.6. The topological polar surface area (TPSA) is 135 Å². The molecule has 0 spiro atoms. The van der Waals surface area contributed by atoms with Gasteiger partial charge in [-0.15, -0.1) is 0 Å². The highest BCUT2D eigenvalue weighted by Gasteiger charge is 2.69. The normalized spacial score (nSPS) is 37.3. The average molecular weight is 623 g/mol. The molecule has 2 aliphatic heterocycles. The summed E-state index contributed by atoms with van der Waals surface area (Å²) in [6, 6.07) is 9.34. The molecule has 45 heavy (non-hydrogen) atoms. The monoisotopic (exact) mass is 622 g/mol. The summed E-state index contributed by atoms with van der Waals surface area (Å²) in [6.07, 6.45) is 0.0508. The molecule has 2 heterocycles. The molecule has 3 fully saturated rings. The van der Waals surface area contributed by atoms with Crippen LogP contribution in [0.25, 0.3) is 6.08 Å². The predicted octanol–water partition coefficient (Wildman–Crippen LogP) is 4.45. The summed E-state index contributed by atoms with van der Waals surface area (Å²) >= 11 is 0. The number of benzene rings is 1. The lowest BCUT2D eigenvalue weighted by molar-refractivity contribution is -0.284. The van der Waals surface area contributed by atoms with Crippen molar-refractivity contribution in [3.05, 3.63) is 65.3 Å². The van der Waals surface area contributed by atoms with E-state index in [2.05, 4.69) is 6.58 Å². The van der Waals surface area contributed by atoms with Gasteiger partial charge < -0.3 is 28.8 Å². The summed E-state index contributed by atoms with van der Waals surface area (Å²) in [5.41, 5.74) is 0.503. The Labute approximate surface area is 263 Å². The van der Waals surface area contributed by atoms with E-state index >= 15 is 0 Å². The lowest BCUT2D eigenvalue weighted by atomic mass is 9.48. The van der Waals surface area contributed by atoms with Gasteiger partial charge in [-0.1, -0.05) is 50.8 Å². The molecule has 1 aromatic rings. The summed E-state index contributed by atoms with van der Waals surface area (Å²) in [5.74, 6) is -5.25. The van der Waals surface area contributed by atoms with E-state index in [9.17, 15) is 24.3 Å². The van der Waals surface area contributed by atoms with Crippen molar-refractivity contribution in [1.29, 1.82) is 0 Å². The van der Waals surface area contributed by atoms with E-state index in [0.29, 0.717) is 29.6 Å². The van der Waals surface area contributed by atoms with Gasteiger partial charge in [0, 0.05) is 55.9 Å². The smallest absolute Gasteiger partial charge is 0.331 e. The highest BCUT2D eigenvalue weighted by molar-refractivity contribution is 5.87. The maximum Gasteiger partial charge on any atom is 0.331 e. The maximum absolute atomic E-state index is 13.0. The lowest BCUT2D eigenvalue weighted by Gasteiger charge is -2.64. The zero-order valence-corrected chi connectivity index (χ0v) is 26.7. The van der Waals surface area contributed by atoms with Gasteiger partial charge >= 0.3 is 23.9 Å². The van der Waals surface area contributed by atoms with Crippen LogP contribution in [0.3, 0.4) is 0 Å². The molecule has 4 bridgehead atoms. The lowest BCUT2D eigenvalue weighted by Crippen LogP contribution is -2.69. The molecular weight excluding hydrogens is 580 g/mol. The first kappa shape index (κ1) is 32.6. The molecule has 1 aromatic carbocycles. The van der Waals surface area contributed by atoms with Crippen LogP contribution < -0.4 is 0 Å². The molecule has 6 rings (SSSR count). The van der Waals surface area contributed by atoms with Crippen LogP contribution in [0.4, 0.5) is 0 Å². The SMILES string of the molecule is C=C1[C@@H](OC(=O)/C=C/c2ccccc2)CC[C@@]2(C)C(OC(C)=O)[C@H](OC(C)=O)C3=C(C)C4(O)C[C@@H]([C@@H](OC(C)=O)[C@H]12)C3(C)CO4. The van der Waals surface area contributed by atoms with Gasteiger partial charge in [-0.3, -0.25) is 14.4 Å². The van der Waals surface area contributed by atoms with Crippen LogP contribution in [0.2, 0.25) is 0 Å². The second-order valence-corrected chi connectivity index (χ2v) is 13.2. The Hall–Kier alpha value is -3.76. The quantitative estimate of drug-likeness (QED) is 0.210. The largest absolute Gasteiger partial charge is 0.462 e. The Morgan fingerprint density at radius 1 is 0.978 bits per heavy atom. The standard InChI is InChI=1S/C35H42O10/c1-19-26(45-27(39)14-13-24-11-9-8-10-12-24)15-16-33(6)28(19)30(42-21(3)36)25-17-35(40)20(2)29(34(25,7)18-41-35)31(43-22(4)37)32(33)44-23(5)38/h8-14,25-26,28,30-32,40H,1,15-18H2,2-7H3/b14-13+/t25-,26-,28-,30+,31+,32?,33+,34?,35?/m0/s1. The van der Waals surface area contributed by atoms with Gasteiger partial charge in [0.05, 0.1) is 6.61 Å². The van der Waals surface area contributed by atoms with Gasteiger partial charge in [0.2, 0.25) is 0 Å². The van der Waals surface area contributed by atoms with Crippen LogP contribution in [-0.4, -0.2) is 65.8 Å². The van der Waals surface area contributed by atoms with Crippen molar-refractivity contribution in [2.24, 2.45) is 22.7 Å². The van der Waals surface area contributed by atoms with Gasteiger partial charge in [0.15, 0.2) is 11.9 Å². The van der Waals surface area contributed by atoms with Crippen LogP contribution in [-0.2, 0) is 42.9 Å². The van der Waals surface area contributed by atoms with Gasteiger partial charge in [-0.05, 0) is 48.1 Å². The van der Waals surface area contributed by atoms with Crippen molar-refractivity contribution in [1.82, 2.24) is 0 Å². The van der Waals surface area contributed by atoms with Gasteiger partial charge in [0.1, 0.15) is 18.3 Å². The van der Waals surface area contributed by atoms with Crippen LogP contribution >= 0.6 is 0 Å². The molecule has 9 atom stereocenters. The molecule has 10 nitrogen and oxygen atoms in total. The molecule has 1 N–H and O–H groups in total. The van der Waals surface area contributed by atoms with Gasteiger partial charge in [-0.25, -0.2) is 4.79 Å². The zero-order chi connectivity index (χ0) is 32.9. The number of hydrogen-bond donors (Lipinski definition) is 1. The van der Waals surface area contributed by atoms with Crippen LogP contribution in [0, 0.1) is 22.7 Å². The number of carbonyl (C=O) groups is 4. The molecule has 0 radical (unpaired) electrons. The van der Waals surface area contributed by atoms with Crippen molar-refractivity contribution in [3.8, 4) is 0 Å². The van der Waals surface area contributed by atoms with Crippen molar-refractivity contribution in [3.63, 3.8) is 0 Å². The Bertz CT molecular complexity index is 1460. The van der Waals surface area contributed by atoms with E-state index in [1.165, 1.54) is 26.8 Å². The van der Waals surface area contributed by atoms with Crippen molar-refractivity contribution < 1.29 is 48.0 Å². The third kappa shape index (κ3) is 5.74. The second-order valence-electron chi connectivity index (χ2n) is 13.2. The molecular formula is C35H42O10. The minimum Gasteiger partial charge on any atom is -0.462 e. The Morgan fingerprint density at radius 3 is 2.24 bits per heavy atom. The summed E-state index contributed by atoms with van der Waals surface area (Å²) < 4.78 is 30.1.